The van der Waals surface area contributed by atoms with Gasteiger partial charge in [0.15, 0.2) is 0 Å². The Morgan fingerprint density at radius 1 is 1.56 bits per heavy atom. The van der Waals surface area contributed by atoms with Crippen LogP contribution in [0.3, 0.4) is 0 Å². The molecule has 0 bridgehead atoms. The lowest BCUT2D eigenvalue weighted by Gasteiger charge is -2.20. The van der Waals surface area contributed by atoms with Crippen molar-refractivity contribution in [3.8, 4) is 0 Å². The van der Waals surface area contributed by atoms with E-state index in [4.69, 9.17) is 5.73 Å². The average Bonchev–Trinajstić information content (AvgIpc) is 2.30. The minimum absolute atomic E-state index is 0.237. The summed E-state index contributed by atoms with van der Waals surface area (Å²) in [6, 6.07) is 5.42. The van der Waals surface area contributed by atoms with Gasteiger partial charge in [0.2, 0.25) is 5.91 Å². The predicted molar refractivity (Wildman–Crippen MR) is 63.5 cm³/mol. The van der Waals surface area contributed by atoms with Crippen LogP contribution >= 0.6 is 0 Å². The highest BCUT2D eigenvalue weighted by Gasteiger charge is 2.20. The number of primary amides is 1. The van der Waals surface area contributed by atoms with Gasteiger partial charge in [0.1, 0.15) is 0 Å². The van der Waals surface area contributed by atoms with E-state index in [1.165, 1.54) is 0 Å². The molecule has 88 valence electrons. The Bertz CT molecular complexity index is 326. The first-order chi connectivity index (χ1) is 7.65. The zero-order valence-electron chi connectivity index (χ0n) is 9.81. The smallest absolute Gasteiger partial charge is 0.234 e. The molecule has 0 unspecified atom stereocenters. The van der Waals surface area contributed by atoms with Crippen molar-refractivity contribution in [2.45, 2.75) is 32.9 Å². The van der Waals surface area contributed by atoms with Gasteiger partial charge in [-0.1, -0.05) is 26.3 Å². The molecule has 1 aromatic rings. The van der Waals surface area contributed by atoms with E-state index in [1.807, 2.05) is 32.0 Å². The summed E-state index contributed by atoms with van der Waals surface area (Å²) in [4.78, 5) is 15.4. The van der Waals surface area contributed by atoms with E-state index in [-0.39, 0.29) is 17.9 Å². The Balaban J connectivity index is 2.54. The second kappa shape index (κ2) is 6.23. The van der Waals surface area contributed by atoms with Crippen molar-refractivity contribution in [2.75, 3.05) is 0 Å². The molecule has 0 aliphatic carbocycles. The molecular formula is C12H19N3O. The Morgan fingerprint density at radius 3 is 2.81 bits per heavy atom. The number of carbonyl (C=O) groups is 1. The Kier molecular flexibility index (Phi) is 4.92. The van der Waals surface area contributed by atoms with Crippen LogP contribution in [0.4, 0.5) is 0 Å². The number of nitrogens with one attached hydrogen (secondary N) is 1. The van der Waals surface area contributed by atoms with Crippen molar-refractivity contribution in [3.05, 3.63) is 30.1 Å². The van der Waals surface area contributed by atoms with Gasteiger partial charge in [-0.3, -0.25) is 15.1 Å². The standard InChI is InChI=1S/C12H19N3O/c1-3-9(2)11(12(13)16)15-8-10-6-4-5-7-14-10/h4-7,9,11,15H,3,8H2,1-2H3,(H2,13,16)/t9-,11-/m0/s1. The molecule has 2 atom stereocenters. The molecule has 1 rings (SSSR count). The molecule has 4 heteroatoms. The van der Waals surface area contributed by atoms with Crippen molar-refractivity contribution in [1.82, 2.24) is 10.3 Å². The lowest BCUT2D eigenvalue weighted by molar-refractivity contribution is -0.121. The van der Waals surface area contributed by atoms with Crippen LogP contribution in [-0.4, -0.2) is 16.9 Å². The SMILES string of the molecule is CC[C@H](C)[C@H](NCc1ccccn1)C(N)=O. The highest BCUT2D eigenvalue weighted by molar-refractivity contribution is 5.80. The third-order valence-corrected chi connectivity index (χ3v) is 2.75. The van der Waals surface area contributed by atoms with Crippen LogP contribution in [0.5, 0.6) is 0 Å². The molecule has 1 heterocycles. The van der Waals surface area contributed by atoms with Gasteiger partial charge >= 0.3 is 0 Å². The number of carbonyl (C=O) groups excluding carboxylic acids is 1. The van der Waals surface area contributed by atoms with Crippen LogP contribution < -0.4 is 11.1 Å². The molecule has 0 aliphatic rings. The summed E-state index contributed by atoms with van der Waals surface area (Å²) in [6.45, 7) is 4.63. The fourth-order valence-corrected chi connectivity index (χ4v) is 1.54. The summed E-state index contributed by atoms with van der Waals surface area (Å²) >= 11 is 0. The van der Waals surface area contributed by atoms with Crippen molar-refractivity contribution in [3.63, 3.8) is 0 Å². The van der Waals surface area contributed by atoms with Gasteiger partial charge in [0.25, 0.3) is 0 Å². The van der Waals surface area contributed by atoms with Gasteiger partial charge in [-0.15, -0.1) is 0 Å². The molecule has 0 saturated carbocycles. The van der Waals surface area contributed by atoms with E-state index < -0.39 is 0 Å². The average molecular weight is 221 g/mol. The number of aromatic nitrogens is 1. The summed E-state index contributed by atoms with van der Waals surface area (Å²) in [7, 11) is 0. The maximum atomic E-state index is 11.3. The monoisotopic (exact) mass is 221 g/mol. The first-order valence-corrected chi connectivity index (χ1v) is 5.57. The van der Waals surface area contributed by atoms with Gasteiger partial charge in [-0.2, -0.15) is 0 Å². The quantitative estimate of drug-likeness (QED) is 0.755. The summed E-state index contributed by atoms with van der Waals surface area (Å²) in [5, 5.41) is 3.15. The number of nitrogens with two attached hydrogens (primary N) is 1. The number of pyridine rings is 1. The van der Waals surface area contributed by atoms with Gasteiger partial charge < -0.3 is 5.73 Å². The maximum Gasteiger partial charge on any atom is 0.234 e. The molecule has 1 aromatic heterocycles. The van der Waals surface area contributed by atoms with Gasteiger partial charge in [-0.05, 0) is 18.1 Å². The third-order valence-electron chi connectivity index (χ3n) is 2.75. The summed E-state index contributed by atoms with van der Waals surface area (Å²) < 4.78 is 0. The Morgan fingerprint density at radius 2 is 2.31 bits per heavy atom. The van der Waals surface area contributed by atoms with E-state index in [9.17, 15) is 4.79 Å². The lowest BCUT2D eigenvalue weighted by Crippen LogP contribution is -2.45. The molecule has 16 heavy (non-hydrogen) atoms. The van der Waals surface area contributed by atoms with Crippen LogP contribution in [0, 0.1) is 5.92 Å². The minimum atomic E-state index is -0.301. The van der Waals surface area contributed by atoms with E-state index in [2.05, 4.69) is 10.3 Å². The van der Waals surface area contributed by atoms with Gasteiger partial charge in [-0.25, -0.2) is 0 Å². The molecule has 0 saturated heterocycles. The number of amides is 1. The highest BCUT2D eigenvalue weighted by Crippen LogP contribution is 2.07. The number of nitrogens with zero attached hydrogens (tertiary/aromatic N) is 1. The lowest BCUT2D eigenvalue weighted by atomic mass is 9.98. The Labute approximate surface area is 96.3 Å². The zero-order valence-corrected chi connectivity index (χ0v) is 9.81. The van der Waals surface area contributed by atoms with Crippen molar-refractivity contribution < 1.29 is 4.79 Å². The second-order valence-electron chi connectivity index (χ2n) is 3.97. The van der Waals surface area contributed by atoms with Crippen LogP contribution in [0.25, 0.3) is 0 Å². The van der Waals surface area contributed by atoms with Gasteiger partial charge in [0.05, 0.1) is 11.7 Å². The maximum absolute atomic E-state index is 11.3. The molecular weight excluding hydrogens is 202 g/mol. The topological polar surface area (TPSA) is 68.0 Å². The summed E-state index contributed by atoms with van der Waals surface area (Å²) in [5.74, 6) is -0.0634. The van der Waals surface area contributed by atoms with Crippen LogP contribution in [0.15, 0.2) is 24.4 Å². The fraction of sp³-hybridized carbons (Fsp3) is 0.500. The summed E-state index contributed by atoms with van der Waals surface area (Å²) in [6.07, 6.45) is 2.66. The van der Waals surface area contributed by atoms with Crippen LogP contribution in [0.1, 0.15) is 26.0 Å². The van der Waals surface area contributed by atoms with Crippen molar-refractivity contribution in [2.24, 2.45) is 11.7 Å². The van der Waals surface area contributed by atoms with E-state index in [0.29, 0.717) is 6.54 Å². The van der Waals surface area contributed by atoms with Gasteiger partial charge in [0, 0.05) is 12.7 Å². The predicted octanol–water partition coefficient (Wildman–Crippen LogP) is 1.07. The van der Waals surface area contributed by atoms with Crippen molar-refractivity contribution in [1.29, 1.82) is 0 Å². The Hall–Kier alpha value is -1.42. The molecule has 0 fully saturated rings. The molecule has 3 N–H and O–H groups in total. The first-order valence-electron chi connectivity index (χ1n) is 5.57. The number of rotatable bonds is 6. The number of hydrogen-bond donors (Lipinski definition) is 2. The fourth-order valence-electron chi connectivity index (χ4n) is 1.54. The second-order valence-corrected chi connectivity index (χ2v) is 3.97. The normalized spacial score (nSPS) is 14.4. The van der Waals surface area contributed by atoms with E-state index >= 15 is 0 Å². The molecule has 0 radical (unpaired) electrons. The van der Waals surface area contributed by atoms with Crippen molar-refractivity contribution >= 4 is 5.91 Å². The molecule has 4 nitrogen and oxygen atoms in total. The minimum Gasteiger partial charge on any atom is -0.368 e. The molecule has 1 amide bonds. The van der Waals surface area contributed by atoms with Crippen LogP contribution in [-0.2, 0) is 11.3 Å². The highest BCUT2D eigenvalue weighted by atomic mass is 16.1. The largest absolute Gasteiger partial charge is 0.368 e. The van der Waals surface area contributed by atoms with E-state index in [1.54, 1.807) is 6.20 Å². The summed E-state index contributed by atoms with van der Waals surface area (Å²) in [5.41, 5.74) is 6.27. The first kappa shape index (κ1) is 12.6. The number of hydrogen-bond acceptors (Lipinski definition) is 3. The molecule has 0 spiro atoms. The zero-order chi connectivity index (χ0) is 12.0. The third kappa shape index (κ3) is 3.62. The van der Waals surface area contributed by atoms with E-state index in [0.717, 1.165) is 12.1 Å². The molecule has 0 aromatic carbocycles. The van der Waals surface area contributed by atoms with Crippen LogP contribution in [0.2, 0.25) is 0 Å². The molecule has 0 aliphatic heterocycles.